The Balaban J connectivity index is 1.75. The second kappa shape index (κ2) is 8.87. The van der Waals surface area contributed by atoms with E-state index in [1.54, 1.807) is 0 Å². The molecule has 1 amide bonds. The Morgan fingerprint density at radius 1 is 1.41 bits per heavy atom. The number of nitrogens with one attached hydrogen (secondary N) is 1. The highest BCUT2D eigenvalue weighted by Gasteiger charge is 2.19. The summed E-state index contributed by atoms with van der Waals surface area (Å²) in [5.74, 6) is 0.0510. The van der Waals surface area contributed by atoms with Crippen LogP contribution in [0.1, 0.15) is 54.9 Å². The van der Waals surface area contributed by atoms with E-state index in [9.17, 15) is 4.79 Å². The average Bonchev–Trinajstić information content (AvgIpc) is 2.51. The molecule has 2 rings (SSSR count). The van der Waals surface area contributed by atoms with Crippen LogP contribution < -0.4 is 5.32 Å². The Bertz CT molecular complexity index is 504. The fraction of sp³-hybridized carbons (Fsp3) is 0.611. The van der Waals surface area contributed by atoms with E-state index in [4.69, 9.17) is 0 Å². The lowest BCUT2D eigenvalue weighted by molar-refractivity contribution is 0.0946. The van der Waals surface area contributed by atoms with Crippen molar-refractivity contribution < 1.29 is 4.79 Å². The first-order valence-corrected chi connectivity index (χ1v) is 9.48. The van der Waals surface area contributed by atoms with Gasteiger partial charge < -0.3 is 10.2 Å². The average molecular weight is 414 g/mol. The summed E-state index contributed by atoms with van der Waals surface area (Å²) >= 11 is 2.24. The third-order valence-electron chi connectivity index (χ3n) is 4.50. The smallest absolute Gasteiger partial charge is 0.252 e. The molecular formula is C18H27IN2O. The first kappa shape index (κ1) is 17.7. The molecule has 0 aliphatic carbocycles. The largest absolute Gasteiger partial charge is 0.352 e. The second-order valence-electron chi connectivity index (χ2n) is 6.19. The number of likely N-dealkylation sites (tertiary alicyclic amines) is 1. The third kappa shape index (κ3) is 4.95. The van der Waals surface area contributed by atoms with Crippen LogP contribution in [0.3, 0.4) is 0 Å². The van der Waals surface area contributed by atoms with Gasteiger partial charge >= 0.3 is 0 Å². The van der Waals surface area contributed by atoms with Crippen LogP contribution in [-0.4, -0.2) is 36.5 Å². The van der Waals surface area contributed by atoms with E-state index in [1.165, 1.54) is 37.8 Å². The van der Waals surface area contributed by atoms with Crippen LogP contribution in [0.2, 0.25) is 0 Å². The number of carbonyl (C=O) groups excluding carboxylic acids is 1. The molecule has 0 radical (unpaired) electrons. The van der Waals surface area contributed by atoms with Crippen molar-refractivity contribution in [2.45, 2.75) is 52.0 Å². The maximum absolute atomic E-state index is 12.2. The van der Waals surface area contributed by atoms with Crippen LogP contribution in [-0.2, 0) is 0 Å². The zero-order valence-corrected chi connectivity index (χ0v) is 15.9. The van der Waals surface area contributed by atoms with E-state index in [0.29, 0.717) is 0 Å². The molecule has 3 nitrogen and oxygen atoms in total. The molecule has 1 atom stereocenters. The number of aryl methyl sites for hydroxylation is 1. The maximum Gasteiger partial charge on any atom is 0.252 e. The standard InChI is InChI=1S/C18H27IN2O/c1-3-15-7-4-5-11-21(15)12-6-10-20-18(22)16-9-8-14(2)13-17(16)19/h8-9,13,15H,3-7,10-12H2,1-2H3,(H,20,22)/t15-/m0/s1. The first-order valence-electron chi connectivity index (χ1n) is 8.40. The number of amides is 1. The number of benzene rings is 1. The highest BCUT2D eigenvalue weighted by atomic mass is 127. The van der Waals surface area contributed by atoms with E-state index in [1.807, 2.05) is 19.1 Å². The van der Waals surface area contributed by atoms with Gasteiger partial charge in [0.25, 0.3) is 5.91 Å². The number of rotatable bonds is 6. The minimum Gasteiger partial charge on any atom is -0.352 e. The summed E-state index contributed by atoms with van der Waals surface area (Å²) in [7, 11) is 0. The summed E-state index contributed by atoms with van der Waals surface area (Å²) in [6, 6.07) is 6.72. The second-order valence-corrected chi connectivity index (χ2v) is 7.35. The van der Waals surface area contributed by atoms with Crippen LogP contribution in [0.15, 0.2) is 18.2 Å². The zero-order chi connectivity index (χ0) is 15.9. The molecule has 1 fully saturated rings. The molecule has 1 heterocycles. The number of hydrogen-bond acceptors (Lipinski definition) is 2. The summed E-state index contributed by atoms with van der Waals surface area (Å²) in [5, 5.41) is 3.06. The Hall–Kier alpha value is -0.620. The molecule has 4 heteroatoms. The van der Waals surface area contributed by atoms with Crippen molar-refractivity contribution in [3.05, 3.63) is 32.9 Å². The van der Waals surface area contributed by atoms with Crippen molar-refractivity contribution in [3.63, 3.8) is 0 Å². The van der Waals surface area contributed by atoms with Crippen molar-refractivity contribution in [1.82, 2.24) is 10.2 Å². The molecule has 0 saturated carbocycles. The SMILES string of the molecule is CC[C@H]1CCCCN1CCCNC(=O)c1ccc(C)cc1I. The van der Waals surface area contributed by atoms with Crippen LogP contribution >= 0.6 is 22.6 Å². The quantitative estimate of drug-likeness (QED) is 0.564. The van der Waals surface area contributed by atoms with E-state index in [2.05, 4.69) is 45.8 Å². The topological polar surface area (TPSA) is 32.3 Å². The van der Waals surface area contributed by atoms with Crippen LogP contribution in [0.5, 0.6) is 0 Å². The van der Waals surface area contributed by atoms with Gasteiger partial charge in [-0.3, -0.25) is 4.79 Å². The van der Waals surface area contributed by atoms with Crippen molar-refractivity contribution in [2.24, 2.45) is 0 Å². The van der Waals surface area contributed by atoms with Gasteiger partial charge in [-0.05, 0) is 73.9 Å². The Labute approximate surface area is 148 Å². The van der Waals surface area contributed by atoms with Gasteiger partial charge in [-0.2, -0.15) is 0 Å². The van der Waals surface area contributed by atoms with E-state index < -0.39 is 0 Å². The monoisotopic (exact) mass is 414 g/mol. The summed E-state index contributed by atoms with van der Waals surface area (Å²) < 4.78 is 1.03. The molecule has 0 bridgehead atoms. The van der Waals surface area contributed by atoms with E-state index in [0.717, 1.165) is 34.7 Å². The van der Waals surface area contributed by atoms with Gasteiger partial charge in [-0.25, -0.2) is 0 Å². The van der Waals surface area contributed by atoms with Gasteiger partial charge in [0.1, 0.15) is 0 Å². The van der Waals surface area contributed by atoms with Gasteiger partial charge in [-0.1, -0.05) is 25.0 Å². The molecule has 1 N–H and O–H groups in total. The predicted octanol–water partition coefficient (Wildman–Crippen LogP) is 3.98. The minimum atomic E-state index is 0.0510. The lowest BCUT2D eigenvalue weighted by atomic mass is 10.00. The number of piperidine rings is 1. The molecule has 0 aromatic heterocycles. The van der Waals surface area contributed by atoms with Gasteiger partial charge in [0.05, 0.1) is 5.56 Å². The van der Waals surface area contributed by atoms with Crippen molar-refractivity contribution in [2.75, 3.05) is 19.6 Å². The number of halogens is 1. The molecule has 1 aliphatic heterocycles. The van der Waals surface area contributed by atoms with E-state index in [-0.39, 0.29) is 5.91 Å². The number of carbonyl (C=O) groups is 1. The fourth-order valence-electron chi connectivity index (χ4n) is 3.20. The summed E-state index contributed by atoms with van der Waals surface area (Å²) in [6.07, 6.45) is 6.31. The number of nitrogens with zero attached hydrogens (tertiary/aromatic N) is 1. The Morgan fingerprint density at radius 3 is 2.95 bits per heavy atom. The Morgan fingerprint density at radius 2 is 2.23 bits per heavy atom. The van der Waals surface area contributed by atoms with E-state index >= 15 is 0 Å². The molecule has 122 valence electrons. The van der Waals surface area contributed by atoms with Crippen LogP contribution in [0.25, 0.3) is 0 Å². The Kier molecular flexibility index (Phi) is 7.15. The highest BCUT2D eigenvalue weighted by Crippen LogP contribution is 2.19. The van der Waals surface area contributed by atoms with Gasteiger partial charge in [0, 0.05) is 22.7 Å². The lowest BCUT2D eigenvalue weighted by Crippen LogP contribution is -2.40. The minimum absolute atomic E-state index is 0.0510. The third-order valence-corrected chi connectivity index (χ3v) is 5.39. The fourth-order valence-corrected chi connectivity index (χ4v) is 4.12. The molecule has 0 unspecified atom stereocenters. The van der Waals surface area contributed by atoms with Crippen molar-refractivity contribution >= 4 is 28.5 Å². The molecule has 1 aromatic carbocycles. The molecule has 0 spiro atoms. The first-order chi connectivity index (χ1) is 10.6. The molecular weight excluding hydrogens is 387 g/mol. The molecule has 22 heavy (non-hydrogen) atoms. The lowest BCUT2D eigenvalue weighted by Gasteiger charge is -2.35. The van der Waals surface area contributed by atoms with Crippen molar-refractivity contribution in [3.8, 4) is 0 Å². The van der Waals surface area contributed by atoms with Gasteiger partial charge in [0.15, 0.2) is 0 Å². The predicted molar refractivity (Wildman–Crippen MR) is 100 cm³/mol. The zero-order valence-electron chi connectivity index (χ0n) is 13.7. The number of hydrogen-bond donors (Lipinski definition) is 1. The summed E-state index contributed by atoms with van der Waals surface area (Å²) in [6.45, 7) is 7.42. The van der Waals surface area contributed by atoms with Crippen LogP contribution in [0, 0.1) is 10.5 Å². The highest BCUT2D eigenvalue weighted by molar-refractivity contribution is 14.1. The summed E-state index contributed by atoms with van der Waals surface area (Å²) in [5.41, 5.74) is 1.98. The van der Waals surface area contributed by atoms with Crippen molar-refractivity contribution in [1.29, 1.82) is 0 Å². The molecule has 1 aliphatic rings. The van der Waals surface area contributed by atoms with Gasteiger partial charge in [0.2, 0.25) is 0 Å². The molecule has 1 aromatic rings. The van der Waals surface area contributed by atoms with Gasteiger partial charge in [-0.15, -0.1) is 0 Å². The molecule has 1 saturated heterocycles. The van der Waals surface area contributed by atoms with Crippen LogP contribution in [0.4, 0.5) is 0 Å². The maximum atomic E-state index is 12.2. The normalized spacial score (nSPS) is 19.1. The summed E-state index contributed by atoms with van der Waals surface area (Å²) in [4.78, 5) is 14.8.